The minimum atomic E-state index is -0.0733. The molecule has 6 nitrogen and oxygen atoms in total. The Balaban J connectivity index is 1.47. The van der Waals surface area contributed by atoms with Crippen molar-refractivity contribution in [1.82, 2.24) is 20.6 Å². The maximum Gasteiger partial charge on any atom is 0.252 e. The lowest BCUT2D eigenvalue weighted by Gasteiger charge is -2.06. The number of hydrogen-bond acceptors (Lipinski definition) is 4. The smallest absolute Gasteiger partial charge is 0.252 e. The molecule has 144 valence electrons. The van der Waals surface area contributed by atoms with Gasteiger partial charge in [0.15, 0.2) is 0 Å². The predicted molar refractivity (Wildman–Crippen MR) is 106 cm³/mol. The van der Waals surface area contributed by atoms with E-state index in [2.05, 4.69) is 20.6 Å². The highest BCUT2D eigenvalue weighted by Crippen LogP contribution is 2.04. The Bertz CT molecular complexity index is 663. The molecule has 0 aromatic carbocycles. The van der Waals surface area contributed by atoms with Gasteiger partial charge in [-0.05, 0) is 51.0 Å². The minimum Gasteiger partial charge on any atom is -0.352 e. The van der Waals surface area contributed by atoms with E-state index in [0.29, 0.717) is 24.2 Å². The first-order chi connectivity index (χ1) is 13.1. The van der Waals surface area contributed by atoms with Crippen molar-refractivity contribution in [2.45, 2.75) is 46.0 Å². The summed E-state index contributed by atoms with van der Waals surface area (Å²) in [5.41, 5.74) is 3.00. The summed E-state index contributed by atoms with van der Waals surface area (Å²) in [5.74, 6) is -0.147. The lowest BCUT2D eigenvalue weighted by molar-refractivity contribution is 0.0945. The fourth-order valence-corrected chi connectivity index (χ4v) is 2.59. The van der Waals surface area contributed by atoms with Crippen LogP contribution in [0.3, 0.4) is 0 Å². The Hall–Kier alpha value is -2.76. The topological polar surface area (TPSA) is 84.0 Å². The highest BCUT2D eigenvalue weighted by molar-refractivity contribution is 5.94. The number of aryl methyl sites for hydroxylation is 2. The van der Waals surface area contributed by atoms with Gasteiger partial charge in [-0.25, -0.2) is 0 Å². The number of hydrogen-bond donors (Lipinski definition) is 2. The van der Waals surface area contributed by atoms with E-state index in [-0.39, 0.29) is 11.8 Å². The van der Waals surface area contributed by atoms with Gasteiger partial charge in [0.25, 0.3) is 11.8 Å². The summed E-state index contributed by atoms with van der Waals surface area (Å²) in [6.45, 7) is 5.13. The number of carbonyl (C=O) groups is 2. The molecule has 2 aromatic heterocycles. The molecule has 0 saturated carbocycles. The van der Waals surface area contributed by atoms with Crippen molar-refractivity contribution in [2.24, 2.45) is 0 Å². The summed E-state index contributed by atoms with van der Waals surface area (Å²) in [5, 5.41) is 5.83. The van der Waals surface area contributed by atoms with E-state index in [0.717, 1.165) is 43.5 Å². The molecule has 0 radical (unpaired) electrons. The number of pyridine rings is 2. The molecule has 0 saturated heterocycles. The van der Waals surface area contributed by atoms with Crippen molar-refractivity contribution in [3.05, 3.63) is 59.2 Å². The van der Waals surface area contributed by atoms with Crippen LogP contribution >= 0.6 is 0 Å². The molecule has 0 atom stereocenters. The quantitative estimate of drug-likeness (QED) is 0.631. The first kappa shape index (κ1) is 20.6. The predicted octanol–water partition coefficient (Wildman–Crippen LogP) is 3.20. The van der Waals surface area contributed by atoms with Crippen molar-refractivity contribution in [1.29, 1.82) is 0 Å². The molecule has 0 aliphatic heterocycles. The Labute approximate surface area is 160 Å². The average molecular weight is 368 g/mol. The molecule has 0 bridgehead atoms. The Morgan fingerprint density at radius 1 is 0.704 bits per heavy atom. The Morgan fingerprint density at radius 2 is 1.11 bits per heavy atom. The van der Waals surface area contributed by atoms with Crippen LogP contribution in [0.2, 0.25) is 0 Å². The van der Waals surface area contributed by atoms with Gasteiger partial charge >= 0.3 is 0 Å². The van der Waals surface area contributed by atoms with E-state index in [1.807, 2.05) is 26.0 Å². The Morgan fingerprint density at radius 3 is 1.48 bits per heavy atom. The summed E-state index contributed by atoms with van der Waals surface area (Å²) in [7, 11) is 0. The molecule has 6 heteroatoms. The van der Waals surface area contributed by atoms with E-state index in [1.54, 1.807) is 24.5 Å². The lowest BCUT2D eigenvalue weighted by Crippen LogP contribution is -2.25. The summed E-state index contributed by atoms with van der Waals surface area (Å²) in [6.07, 6.45) is 8.31. The Kier molecular flexibility index (Phi) is 8.42. The van der Waals surface area contributed by atoms with E-state index >= 15 is 0 Å². The van der Waals surface area contributed by atoms with Crippen LogP contribution in [0.4, 0.5) is 0 Å². The fraction of sp³-hybridized carbons (Fsp3) is 0.429. The van der Waals surface area contributed by atoms with Crippen LogP contribution in [-0.4, -0.2) is 34.9 Å². The molecule has 2 aromatic rings. The molecular formula is C21H28N4O2. The normalized spacial score (nSPS) is 10.4. The van der Waals surface area contributed by atoms with Crippen molar-refractivity contribution >= 4 is 11.8 Å². The second kappa shape index (κ2) is 11.1. The molecule has 0 unspecified atom stereocenters. The van der Waals surface area contributed by atoms with Crippen LogP contribution in [0.1, 0.15) is 64.2 Å². The van der Waals surface area contributed by atoms with Crippen molar-refractivity contribution in [3.63, 3.8) is 0 Å². The zero-order valence-electron chi connectivity index (χ0n) is 16.1. The number of carbonyl (C=O) groups excluding carboxylic acids is 2. The zero-order chi connectivity index (χ0) is 19.5. The second-order valence-electron chi connectivity index (χ2n) is 6.66. The molecule has 0 fully saturated rings. The summed E-state index contributed by atoms with van der Waals surface area (Å²) in [4.78, 5) is 32.1. The number of nitrogens with one attached hydrogen (secondary N) is 2. The van der Waals surface area contributed by atoms with Crippen molar-refractivity contribution < 1.29 is 9.59 Å². The molecular weight excluding hydrogens is 340 g/mol. The minimum absolute atomic E-state index is 0.0733. The second-order valence-corrected chi connectivity index (χ2v) is 6.66. The molecule has 0 aliphatic carbocycles. The van der Waals surface area contributed by atoms with E-state index in [4.69, 9.17) is 0 Å². The molecule has 27 heavy (non-hydrogen) atoms. The van der Waals surface area contributed by atoms with E-state index in [1.165, 1.54) is 0 Å². The van der Waals surface area contributed by atoms with E-state index in [9.17, 15) is 9.59 Å². The van der Waals surface area contributed by atoms with Crippen LogP contribution < -0.4 is 10.6 Å². The van der Waals surface area contributed by atoms with Gasteiger partial charge in [0, 0.05) is 36.9 Å². The van der Waals surface area contributed by atoms with Gasteiger partial charge < -0.3 is 10.6 Å². The van der Waals surface area contributed by atoms with Crippen LogP contribution in [-0.2, 0) is 0 Å². The third-order valence-corrected chi connectivity index (χ3v) is 4.27. The summed E-state index contributed by atoms with van der Waals surface area (Å²) < 4.78 is 0. The van der Waals surface area contributed by atoms with Gasteiger partial charge in [-0.1, -0.05) is 19.3 Å². The maximum atomic E-state index is 11.9. The largest absolute Gasteiger partial charge is 0.352 e. The van der Waals surface area contributed by atoms with E-state index < -0.39 is 0 Å². The van der Waals surface area contributed by atoms with Gasteiger partial charge in [-0.3, -0.25) is 19.6 Å². The first-order valence-electron chi connectivity index (χ1n) is 9.48. The van der Waals surface area contributed by atoms with Gasteiger partial charge in [-0.15, -0.1) is 0 Å². The third-order valence-electron chi connectivity index (χ3n) is 4.27. The zero-order valence-corrected chi connectivity index (χ0v) is 16.1. The van der Waals surface area contributed by atoms with Crippen LogP contribution in [0, 0.1) is 13.8 Å². The molecule has 0 spiro atoms. The van der Waals surface area contributed by atoms with Crippen LogP contribution in [0.15, 0.2) is 36.7 Å². The lowest BCUT2D eigenvalue weighted by atomic mass is 10.1. The molecule has 2 amide bonds. The first-order valence-corrected chi connectivity index (χ1v) is 9.48. The van der Waals surface area contributed by atoms with Crippen molar-refractivity contribution in [2.75, 3.05) is 13.1 Å². The number of rotatable bonds is 10. The van der Waals surface area contributed by atoms with Gasteiger partial charge in [0.2, 0.25) is 0 Å². The highest BCUT2D eigenvalue weighted by Gasteiger charge is 2.05. The van der Waals surface area contributed by atoms with Gasteiger partial charge in [-0.2, -0.15) is 0 Å². The molecule has 2 heterocycles. The fourth-order valence-electron chi connectivity index (χ4n) is 2.59. The molecule has 2 rings (SSSR count). The number of nitrogens with zero attached hydrogens (tertiary/aromatic N) is 2. The standard InChI is InChI=1S/C21H28N4O2/c1-16-8-10-18(14-24-16)20(26)22-12-6-4-3-5-7-13-23-21(27)19-11-9-17(2)25-15-19/h8-11,14-15H,3-7,12-13H2,1-2H3,(H,22,26)(H,23,27). The van der Waals surface area contributed by atoms with Crippen molar-refractivity contribution in [3.8, 4) is 0 Å². The highest BCUT2D eigenvalue weighted by atomic mass is 16.2. The molecule has 0 aliphatic rings. The van der Waals surface area contributed by atoms with Gasteiger partial charge in [0.1, 0.15) is 0 Å². The van der Waals surface area contributed by atoms with Crippen LogP contribution in [0.25, 0.3) is 0 Å². The van der Waals surface area contributed by atoms with Crippen LogP contribution in [0.5, 0.6) is 0 Å². The monoisotopic (exact) mass is 368 g/mol. The number of unbranched alkanes of at least 4 members (excludes halogenated alkanes) is 4. The summed E-state index contributed by atoms with van der Waals surface area (Å²) in [6, 6.07) is 7.25. The maximum absolute atomic E-state index is 11.9. The number of aromatic nitrogens is 2. The van der Waals surface area contributed by atoms with Gasteiger partial charge in [0.05, 0.1) is 11.1 Å². The molecule has 2 N–H and O–H groups in total. The third kappa shape index (κ3) is 7.56. The average Bonchev–Trinajstić information content (AvgIpc) is 2.67. The summed E-state index contributed by atoms with van der Waals surface area (Å²) >= 11 is 0. The SMILES string of the molecule is Cc1ccc(C(=O)NCCCCCCCNC(=O)c2ccc(C)nc2)cn1. The number of amides is 2.